The molecule has 0 saturated heterocycles. The minimum absolute atomic E-state index is 0.0751. The van der Waals surface area contributed by atoms with Gasteiger partial charge in [0.1, 0.15) is 17.3 Å². The van der Waals surface area contributed by atoms with E-state index in [9.17, 15) is 8.78 Å². The van der Waals surface area contributed by atoms with E-state index in [-0.39, 0.29) is 11.7 Å². The summed E-state index contributed by atoms with van der Waals surface area (Å²) in [6, 6.07) is 2.97. The molecular weight excluding hydrogens is 278 g/mol. The summed E-state index contributed by atoms with van der Waals surface area (Å²) in [4.78, 5) is 1.72. The third kappa shape index (κ3) is 4.35. The highest BCUT2D eigenvalue weighted by molar-refractivity contribution is 7.98. The second-order valence-electron chi connectivity index (χ2n) is 4.82. The molecule has 0 heterocycles. The molecule has 0 spiro atoms. The summed E-state index contributed by atoms with van der Waals surface area (Å²) in [6.07, 6.45) is 2.86. The maximum Gasteiger partial charge on any atom is 0.149 e. The van der Waals surface area contributed by atoms with E-state index >= 15 is 0 Å². The van der Waals surface area contributed by atoms with Crippen molar-refractivity contribution in [1.29, 1.82) is 0 Å². The molecule has 5 heteroatoms. The van der Waals surface area contributed by atoms with Gasteiger partial charge in [-0.05, 0) is 36.9 Å². The van der Waals surface area contributed by atoms with Crippen molar-refractivity contribution in [1.82, 2.24) is 5.32 Å². The molecule has 0 radical (unpaired) electrons. The molecular formula is C15H24F2N2S. The van der Waals surface area contributed by atoms with Crippen LogP contribution in [-0.4, -0.2) is 31.6 Å². The number of thioether (sulfide) groups is 1. The highest BCUT2D eigenvalue weighted by atomic mass is 32.2. The van der Waals surface area contributed by atoms with Crippen molar-refractivity contribution in [3.63, 3.8) is 0 Å². The molecule has 1 rings (SSSR count). The highest BCUT2D eigenvalue weighted by Gasteiger charge is 2.20. The van der Waals surface area contributed by atoms with Gasteiger partial charge in [-0.2, -0.15) is 11.8 Å². The third-order valence-electron chi connectivity index (χ3n) is 3.39. The molecule has 0 saturated carbocycles. The standard InChI is InChI=1S/C15H24F2N2S/c1-5-12(10-20-4)19(3)15-13(16)7-11(8-14(15)17)9-18-6-2/h7-8,12,18H,5-6,9-10H2,1-4H3. The summed E-state index contributed by atoms with van der Waals surface area (Å²) < 4.78 is 28.4. The fourth-order valence-corrected chi connectivity index (χ4v) is 3.05. The monoisotopic (exact) mass is 302 g/mol. The number of benzene rings is 1. The van der Waals surface area contributed by atoms with Crippen LogP contribution in [-0.2, 0) is 6.54 Å². The van der Waals surface area contributed by atoms with E-state index in [0.29, 0.717) is 12.1 Å². The van der Waals surface area contributed by atoms with E-state index in [1.807, 2.05) is 20.1 Å². The molecule has 2 nitrogen and oxygen atoms in total. The van der Waals surface area contributed by atoms with E-state index in [2.05, 4.69) is 5.32 Å². The van der Waals surface area contributed by atoms with Crippen molar-refractivity contribution in [2.75, 3.05) is 30.5 Å². The van der Waals surface area contributed by atoms with Crippen molar-refractivity contribution < 1.29 is 8.78 Å². The van der Waals surface area contributed by atoms with E-state index in [1.54, 1.807) is 23.7 Å². The molecule has 0 aromatic heterocycles. The molecule has 1 unspecified atom stereocenters. The molecule has 0 aliphatic rings. The summed E-state index contributed by atoms with van der Waals surface area (Å²) in [7, 11) is 1.76. The maximum atomic E-state index is 14.2. The van der Waals surface area contributed by atoms with E-state index in [4.69, 9.17) is 0 Å². The van der Waals surface area contributed by atoms with Gasteiger partial charge < -0.3 is 10.2 Å². The first kappa shape index (κ1) is 17.2. The predicted octanol–water partition coefficient (Wildman–Crippen LogP) is 3.65. The average molecular weight is 302 g/mol. The number of anilines is 1. The molecule has 20 heavy (non-hydrogen) atoms. The Labute approximate surface area is 124 Å². The minimum Gasteiger partial charge on any atom is -0.366 e. The van der Waals surface area contributed by atoms with Gasteiger partial charge in [0.15, 0.2) is 0 Å². The molecule has 1 aromatic rings. The van der Waals surface area contributed by atoms with E-state index < -0.39 is 11.6 Å². The van der Waals surface area contributed by atoms with Crippen LogP contribution in [0.4, 0.5) is 14.5 Å². The summed E-state index contributed by atoms with van der Waals surface area (Å²) in [5, 5.41) is 3.07. The highest BCUT2D eigenvalue weighted by Crippen LogP contribution is 2.27. The lowest BCUT2D eigenvalue weighted by molar-refractivity contribution is 0.554. The average Bonchev–Trinajstić information content (AvgIpc) is 2.41. The predicted molar refractivity (Wildman–Crippen MR) is 84.6 cm³/mol. The lowest BCUT2D eigenvalue weighted by atomic mass is 10.1. The molecule has 1 atom stereocenters. The maximum absolute atomic E-state index is 14.2. The zero-order chi connectivity index (χ0) is 15.1. The third-order valence-corrected chi connectivity index (χ3v) is 4.10. The minimum atomic E-state index is -0.486. The Hall–Kier alpha value is -0.810. The SMILES string of the molecule is CCNCc1cc(F)c(N(C)C(CC)CSC)c(F)c1. The molecule has 0 aliphatic heterocycles. The zero-order valence-corrected chi connectivity index (χ0v) is 13.5. The topological polar surface area (TPSA) is 15.3 Å². The van der Waals surface area contributed by atoms with Crippen molar-refractivity contribution in [3.8, 4) is 0 Å². The first-order valence-electron chi connectivity index (χ1n) is 6.95. The fraction of sp³-hybridized carbons (Fsp3) is 0.600. The number of rotatable bonds is 8. The molecule has 0 fully saturated rings. The van der Waals surface area contributed by atoms with Gasteiger partial charge in [0.05, 0.1) is 0 Å². The van der Waals surface area contributed by atoms with Crippen LogP contribution in [0, 0.1) is 11.6 Å². The Bertz CT molecular complexity index is 403. The smallest absolute Gasteiger partial charge is 0.149 e. The molecule has 1 aromatic carbocycles. The van der Waals surface area contributed by atoms with Gasteiger partial charge in [-0.15, -0.1) is 0 Å². The van der Waals surface area contributed by atoms with E-state index in [1.165, 1.54) is 12.1 Å². The second kappa shape index (κ2) is 8.47. The van der Waals surface area contributed by atoms with Crippen molar-refractivity contribution in [3.05, 3.63) is 29.3 Å². The molecule has 0 amide bonds. The number of nitrogens with zero attached hydrogens (tertiary/aromatic N) is 1. The number of nitrogens with one attached hydrogen (secondary N) is 1. The number of hydrogen-bond acceptors (Lipinski definition) is 3. The van der Waals surface area contributed by atoms with Crippen LogP contribution in [0.25, 0.3) is 0 Å². The van der Waals surface area contributed by atoms with Gasteiger partial charge in [0, 0.05) is 25.4 Å². The normalized spacial score (nSPS) is 12.5. The first-order valence-corrected chi connectivity index (χ1v) is 8.34. The van der Waals surface area contributed by atoms with Gasteiger partial charge in [0.25, 0.3) is 0 Å². The van der Waals surface area contributed by atoms with Crippen LogP contribution in [0.5, 0.6) is 0 Å². The molecule has 1 N–H and O–H groups in total. The quantitative estimate of drug-likeness (QED) is 0.789. The van der Waals surface area contributed by atoms with Crippen LogP contribution < -0.4 is 10.2 Å². The lowest BCUT2D eigenvalue weighted by Gasteiger charge is -2.29. The second-order valence-corrected chi connectivity index (χ2v) is 5.73. The van der Waals surface area contributed by atoms with Gasteiger partial charge in [-0.1, -0.05) is 13.8 Å². The van der Waals surface area contributed by atoms with Crippen LogP contribution in [0.2, 0.25) is 0 Å². The van der Waals surface area contributed by atoms with Gasteiger partial charge >= 0.3 is 0 Å². The molecule has 114 valence electrons. The Kier molecular flexibility index (Phi) is 7.30. The van der Waals surface area contributed by atoms with Gasteiger partial charge in [-0.3, -0.25) is 0 Å². The molecule has 0 aliphatic carbocycles. The Balaban J connectivity index is 2.99. The Morgan fingerprint density at radius 1 is 1.25 bits per heavy atom. The number of hydrogen-bond donors (Lipinski definition) is 1. The van der Waals surface area contributed by atoms with E-state index in [0.717, 1.165) is 18.7 Å². The summed E-state index contributed by atoms with van der Waals surface area (Å²) >= 11 is 1.69. The van der Waals surface area contributed by atoms with Crippen LogP contribution in [0.3, 0.4) is 0 Å². The van der Waals surface area contributed by atoms with Crippen molar-refractivity contribution >= 4 is 17.4 Å². The van der Waals surface area contributed by atoms with Crippen molar-refractivity contribution in [2.45, 2.75) is 32.9 Å². The largest absolute Gasteiger partial charge is 0.366 e. The summed E-state index contributed by atoms with van der Waals surface area (Å²) in [5.41, 5.74) is 0.711. The summed E-state index contributed by atoms with van der Waals surface area (Å²) in [6.45, 7) is 5.25. The summed E-state index contributed by atoms with van der Waals surface area (Å²) in [5.74, 6) is -0.120. The van der Waals surface area contributed by atoms with Crippen molar-refractivity contribution in [2.24, 2.45) is 0 Å². The first-order chi connectivity index (χ1) is 9.54. The van der Waals surface area contributed by atoms with Gasteiger partial charge in [-0.25, -0.2) is 8.78 Å². The Morgan fingerprint density at radius 3 is 2.30 bits per heavy atom. The molecule has 0 bridgehead atoms. The van der Waals surface area contributed by atoms with Crippen LogP contribution in [0.1, 0.15) is 25.8 Å². The van der Waals surface area contributed by atoms with Crippen LogP contribution >= 0.6 is 11.8 Å². The lowest BCUT2D eigenvalue weighted by Crippen LogP contribution is -2.34. The zero-order valence-electron chi connectivity index (χ0n) is 12.7. The fourth-order valence-electron chi connectivity index (χ4n) is 2.20. The van der Waals surface area contributed by atoms with Gasteiger partial charge in [0.2, 0.25) is 0 Å². The Morgan fingerprint density at radius 2 is 1.85 bits per heavy atom. The number of halogens is 2. The van der Waals surface area contributed by atoms with Crippen LogP contribution in [0.15, 0.2) is 12.1 Å².